The van der Waals surface area contributed by atoms with Gasteiger partial charge in [0.15, 0.2) is 0 Å². The number of anilines is 1. The Balaban J connectivity index is 2.00. The van der Waals surface area contributed by atoms with Gasteiger partial charge in [0, 0.05) is 31.3 Å². The van der Waals surface area contributed by atoms with Crippen molar-refractivity contribution in [3.05, 3.63) is 58.6 Å². The molecular formula is C15H13ClFN5. The molecule has 2 heterocycles. The maximum atomic E-state index is 13.0. The highest BCUT2D eigenvalue weighted by atomic mass is 35.5. The molecule has 0 unspecified atom stereocenters. The Hall–Kier alpha value is -2.47. The Morgan fingerprint density at radius 1 is 1.23 bits per heavy atom. The molecule has 0 saturated heterocycles. The van der Waals surface area contributed by atoms with Crippen LogP contribution in [0.3, 0.4) is 0 Å². The van der Waals surface area contributed by atoms with Crippen LogP contribution in [-0.2, 0) is 13.5 Å². The van der Waals surface area contributed by atoms with Crippen LogP contribution in [0.2, 0.25) is 5.15 Å². The second-order valence-electron chi connectivity index (χ2n) is 4.91. The maximum absolute atomic E-state index is 13.0. The van der Waals surface area contributed by atoms with Gasteiger partial charge in [0.05, 0.1) is 5.69 Å². The average Bonchev–Trinajstić information content (AvgIpc) is 2.81. The summed E-state index contributed by atoms with van der Waals surface area (Å²) in [6, 6.07) is 7.98. The minimum Gasteiger partial charge on any atom is -0.368 e. The highest BCUT2D eigenvalue weighted by molar-refractivity contribution is 6.29. The van der Waals surface area contributed by atoms with E-state index in [0.29, 0.717) is 17.8 Å². The first-order chi connectivity index (χ1) is 10.5. The Labute approximate surface area is 131 Å². The van der Waals surface area contributed by atoms with Crippen molar-refractivity contribution in [2.45, 2.75) is 6.42 Å². The molecule has 0 spiro atoms. The quantitative estimate of drug-likeness (QED) is 0.754. The van der Waals surface area contributed by atoms with E-state index in [0.717, 1.165) is 11.1 Å². The number of benzene rings is 1. The molecule has 3 rings (SSSR count). The lowest BCUT2D eigenvalue weighted by Crippen LogP contribution is -1.99. The Morgan fingerprint density at radius 3 is 2.64 bits per heavy atom. The largest absolute Gasteiger partial charge is 0.368 e. The van der Waals surface area contributed by atoms with Crippen molar-refractivity contribution in [2.75, 3.05) is 5.73 Å². The van der Waals surface area contributed by atoms with Gasteiger partial charge in [-0.05, 0) is 17.7 Å². The van der Waals surface area contributed by atoms with E-state index in [1.807, 2.05) is 13.2 Å². The Bertz CT molecular complexity index is 793. The van der Waals surface area contributed by atoms with Crippen LogP contribution in [0.5, 0.6) is 0 Å². The molecular weight excluding hydrogens is 305 g/mol. The summed E-state index contributed by atoms with van der Waals surface area (Å²) in [7, 11) is 1.82. The van der Waals surface area contributed by atoms with Crippen LogP contribution in [0.15, 0.2) is 36.5 Å². The van der Waals surface area contributed by atoms with Crippen LogP contribution in [-0.4, -0.2) is 19.7 Å². The van der Waals surface area contributed by atoms with Crippen molar-refractivity contribution in [1.82, 2.24) is 19.7 Å². The SMILES string of the molecule is Cn1cc(Cc2ccc(F)cc2)c(-c2cc(Cl)nc(N)n2)n1. The molecule has 112 valence electrons. The van der Waals surface area contributed by atoms with Gasteiger partial charge in [-0.3, -0.25) is 4.68 Å². The van der Waals surface area contributed by atoms with E-state index in [2.05, 4.69) is 15.1 Å². The Morgan fingerprint density at radius 2 is 1.95 bits per heavy atom. The molecule has 0 fully saturated rings. The topological polar surface area (TPSA) is 69.6 Å². The van der Waals surface area contributed by atoms with Crippen LogP contribution < -0.4 is 5.73 Å². The smallest absolute Gasteiger partial charge is 0.222 e. The number of halogens is 2. The highest BCUT2D eigenvalue weighted by Gasteiger charge is 2.14. The van der Waals surface area contributed by atoms with Crippen LogP contribution in [0, 0.1) is 5.82 Å². The van der Waals surface area contributed by atoms with Crippen LogP contribution in [0.4, 0.5) is 10.3 Å². The highest BCUT2D eigenvalue weighted by Crippen LogP contribution is 2.25. The van der Waals surface area contributed by atoms with Crippen molar-refractivity contribution >= 4 is 17.5 Å². The standard InChI is InChI=1S/C15H13ClFN5/c1-22-8-10(6-9-2-4-11(17)5-3-9)14(21-22)12-7-13(16)20-15(18)19-12/h2-5,7-8H,6H2,1H3,(H2,18,19,20). The molecule has 2 N–H and O–H groups in total. The van der Waals surface area contributed by atoms with E-state index in [4.69, 9.17) is 17.3 Å². The van der Waals surface area contributed by atoms with Gasteiger partial charge in [-0.1, -0.05) is 23.7 Å². The van der Waals surface area contributed by atoms with E-state index in [1.165, 1.54) is 12.1 Å². The van der Waals surface area contributed by atoms with Gasteiger partial charge in [-0.15, -0.1) is 0 Å². The zero-order valence-electron chi connectivity index (χ0n) is 11.8. The van der Waals surface area contributed by atoms with Gasteiger partial charge >= 0.3 is 0 Å². The van der Waals surface area contributed by atoms with Gasteiger partial charge in [0.25, 0.3) is 0 Å². The lowest BCUT2D eigenvalue weighted by molar-refractivity contribution is 0.627. The minimum atomic E-state index is -0.259. The van der Waals surface area contributed by atoms with E-state index >= 15 is 0 Å². The second kappa shape index (κ2) is 5.73. The third-order valence-corrected chi connectivity index (χ3v) is 3.36. The monoisotopic (exact) mass is 317 g/mol. The van der Waals surface area contributed by atoms with Gasteiger partial charge in [0.2, 0.25) is 5.95 Å². The summed E-state index contributed by atoms with van der Waals surface area (Å²) in [4.78, 5) is 8.03. The fourth-order valence-electron chi connectivity index (χ4n) is 2.26. The van der Waals surface area contributed by atoms with E-state index in [-0.39, 0.29) is 16.9 Å². The predicted molar refractivity (Wildman–Crippen MR) is 82.9 cm³/mol. The van der Waals surface area contributed by atoms with Crippen LogP contribution in [0.1, 0.15) is 11.1 Å². The Kier molecular flexibility index (Phi) is 3.77. The first kappa shape index (κ1) is 14.5. The van der Waals surface area contributed by atoms with Crippen molar-refractivity contribution < 1.29 is 4.39 Å². The summed E-state index contributed by atoms with van der Waals surface area (Å²) in [6.45, 7) is 0. The fourth-order valence-corrected chi connectivity index (χ4v) is 2.45. The molecule has 22 heavy (non-hydrogen) atoms. The molecule has 0 saturated carbocycles. The molecule has 0 atom stereocenters. The third kappa shape index (κ3) is 3.07. The maximum Gasteiger partial charge on any atom is 0.222 e. The van der Waals surface area contributed by atoms with Crippen LogP contribution in [0.25, 0.3) is 11.4 Å². The molecule has 3 aromatic rings. The number of rotatable bonds is 3. The van der Waals surface area contributed by atoms with Crippen molar-refractivity contribution in [3.63, 3.8) is 0 Å². The lowest BCUT2D eigenvalue weighted by Gasteiger charge is -2.04. The summed E-state index contributed by atoms with van der Waals surface area (Å²) in [6.07, 6.45) is 2.50. The average molecular weight is 318 g/mol. The molecule has 1 aromatic carbocycles. The molecule has 0 amide bonds. The molecule has 7 heteroatoms. The molecule has 0 radical (unpaired) electrons. The van der Waals surface area contributed by atoms with E-state index in [1.54, 1.807) is 22.9 Å². The number of hydrogen-bond donors (Lipinski definition) is 1. The van der Waals surface area contributed by atoms with Gasteiger partial charge in [0.1, 0.15) is 16.7 Å². The molecule has 5 nitrogen and oxygen atoms in total. The normalized spacial score (nSPS) is 10.9. The summed E-state index contributed by atoms with van der Waals surface area (Å²) in [5.41, 5.74) is 8.81. The van der Waals surface area contributed by atoms with Crippen molar-refractivity contribution in [1.29, 1.82) is 0 Å². The number of hydrogen-bond acceptors (Lipinski definition) is 4. The fraction of sp³-hybridized carbons (Fsp3) is 0.133. The number of aromatic nitrogens is 4. The van der Waals surface area contributed by atoms with E-state index < -0.39 is 0 Å². The number of nitrogen functional groups attached to an aromatic ring is 1. The lowest BCUT2D eigenvalue weighted by atomic mass is 10.0. The molecule has 0 bridgehead atoms. The number of nitrogens with zero attached hydrogens (tertiary/aromatic N) is 4. The molecule has 0 aliphatic rings. The first-order valence-corrected chi connectivity index (χ1v) is 6.96. The summed E-state index contributed by atoms with van der Waals surface area (Å²) in [5, 5.41) is 4.68. The van der Waals surface area contributed by atoms with Gasteiger partial charge < -0.3 is 5.73 Å². The third-order valence-electron chi connectivity index (χ3n) is 3.17. The number of aryl methyl sites for hydroxylation is 1. The predicted octanol–water partition coefficient (Wildman–Crippen LogP) is 2.84. The van der Waals surface area contributed by atoms with Gasteiger partial charge in [-0.25, -0.2) is 14.4 Å². The van der Waals surface area contributed by atoms with Crippen molar-refractivity contribution in [2.24, 2.45) is 7.05 Å². The number of nitrogens with two attached hydrogens (primary N) is 1. The second-order valence-corrected chi connectivity index (χ2v) is 5.30. The first-order valence-electron chi connectivity index (χ1n) is 6.58. The molecule has 0 aliphatic heterocycles. The van der Waals surface area contributed by atoms with Crippen molar-refractivity contribution in [3.8, 4) is 11.4 Å². The van der Waals surface area contributed by atoms with Crippen LogP contribution >= 0.6 is 11.6 Å². The molecule has 0 aliphatic carbocycles. The minimum absolute atomic E-state index is 0.0980. The zero-order chi connectivity index (χ0) is 15.7. The van der Waals surface area contributed by atoms with E-state index in [9.17, 15) is 4.39 Å². The molecule has 2 aromatic heterocycles. The van der Waals surface area contributed by atoms with Gasteiger partial charge in [-0.2, -0.15) is 5.10 Å². The zero-order valence-corrected chi connectivity index (χ0v) is 12.5. The summed E-state index contributed by atoms with van der Waals surface area (Å²) in [5.74, 6) is -0.161. The summed E-state index contributed by atoms with van der Waals surface area (Å²) < 4.78 is 14.7. The summed E-state index contributed by atoms with van der Waals surface area (Å²) >= 11 is 5.93.